The average Bonchev–Trinajstić information content (AvgIpc) is 3.29. The van der Waals surface area contributed by atoms with E-state index in [0.29, 0.717) is 25.5 Å². The minimum atomic E-state index is 0.0516. The molecular weight excluding hydrogens is 364 g/mol. The highest BCUT2D eigenvalue weighted by Crippen LogP contribution is 2.31. The highest BCUT2D eigenvalue weighted by atomic mass is 16.1. The first-order valence-corrected chi connectivity index (χ1v) is 9.65. The van der Waals surface area contributed by atoms with Gasteiger partial charge < -0.3 is 16.0 Å². The van der Waals surface area contributed by atoms with Crippen LogP contribution in [0.4, 0.5) is 5.69 Å². The number of amides is 1. The van der Waals surface area contributed by atoms with Crippen LogP contribution >= 0.6 is 0 Å². The van der Waals surface area contributed by atoms with Crippen LogP contribution in [0.1, 0.15) is 23.5 Å². The fraction of sp³-hybridized carbons (Fsp3) is 0.227. The van der Waals surface area contributed by atoms with Crippen LogP contribution in [-0.2, 0) is 11.3 Å². The topological polar surface area (TPSA) is 83.3 Å². The molecule has 148 valence electrons. The zero-order chi connectivity index (χ0) is 20.1. The lowest BCUT2D eigenvalue weighted by Crippen LogP contribution is -2.40. The number of nitrogens with one attached hydrogen (secondary N) is 3. The van der Waals surface area contributed by atoms with Gasteiger partial charge in [-0.05, 0) is 35.4 Å². The first-order chi connectivity index (χ1) is 14.2. The van der Waals surface area contributed by atoms with Gasteiger partial charge in [-0.3, -0.25) is 9.79 Å². The van der Waals surface area contributed by atoms with E-state index in [1.165, 1.54) is 0 Å². The monoisotopic (exact) mass is 388 g/mol. The zero-order valence-corrected chi connectivity index (χ0v) is 16.3. The standard InChI is InChI=1S/C22H24N6O/c1-23-22(24-14-16-7-9-18(10-8-16)28-12-4-11-26-28)25-15-17-13-21(29)27-20-6-3-2-5-19(17)20/h2-12,17H,13-15H2,1H3,(H,27,29)(H2,23,24,25). The van der Waals surface area contributed by atoms with Gasteiger partial charge in [0.25, 0.3) is 0 Å². The van der Waals surface area contributed by atoms with Crippen molar-refractivity contribution < 1.29 is 4.79 Å². The van der Waals surface area contributed by atoms with Crippen molar-refractivity contribution in [3.05, 3.63) is 78.1 Å². The molecule has 1 atom stereocenters. The number of guanidine groups is 1. The Morgan fingerprint density at radius 2 is 2.00 bits per heavy atom. The normalized spacial score (nSPS) is 16.1. The van der Waals surface area contributed by atoms with E-state index in [1.807, 2.05) is 47.3 Å². The van der Waals surface area contributed by atoms with Crippen LogP contribution < -0.4 is 16.0 Å². The van der Waals surface area contributed by atoms with Crippen LogP contribution in [-0.4, -0.2) is 35.2 Å². The van der Waals surface area contributed by atoms with Gasteiger partial charge in [0.2, 0.25) is 5.91 Å². The number of carbonyl (C=O) groups is 1. The van der Waals surface area contributed by atoms with Crippen molar-refractivity contribution in [2.24, 2.45) is 4.99 Å². The summed E-state index contributed by atoms with van der Waals surface area (Å²) in [7, 11) is 1.75. The second-order valence-electron chi connectivity index (χ2n) is 6.96. The third-order valence-corrected chi connectivity index (χ3v) is 5.01. The van der Waals surface area contributed by atoms with E-state index in [0.717, 1.165) is 22.5 Å². The number of para-hydroxylation sites is 1. The van der Waals surface area contributed by atoms with Crippen molar-refractivity contribution >= 4 is 17.6 Å². The lowest BCUT2D eigenvalue weighted by atomic mass is 9.90. The summed E-state index contributed by atoms with van der Waals surface area (Å²) >= 11 is 0. The summed E-state index contributed by atoms with van der Waals surface area (Å²) < 4.78 is 1.83. The Labute approximate surface area is 169 Å². The SMILES string of the molecule is CN=C(NCc1ccc(-n2cccn2)cc1)NCC1CC(=O)Nc2ccccc21. The molecule has 3 aromatic rings. The molecule has 1 amide bonds. The van der Waals surface area contributed by atoms with E-state index in [1.54, 1.807) is 13.2 Å². The summed E-state index contributed by atoms with van der Waals surface area (Å²) in [5.41, 5.74) is 4.22. The molecule has 4 rings (SSSR count). The third-order valence-electron chi connectivity index (χ3n) is 5.01. The van der Waals surface area contributed by atoms with Crippen molar-refractivity contribution in [2.45, 2.75) is 18.9 Å². The number of hydrogen-bond donors (Lipinski definition) is 3. The summed E-state index contributed by atoms with van der Waals surface area (Å²) in [6.45, 7) is 1.29. The quantitative estimate of drug-likeness (QED) is 0.464. The molecule has 7 nitrogen and oxygen atoms in total. The number of rotatable bonds is 5. The second kappa shape index (κ2) is 8.60. The Morgan fingerprint density at radius 3 is 2.76 bits per heavy atom. The first kappa shape index (κ1) is 18.7. The van der Waals surface area contributed by atoms with Crippen LogP contribution in [0, 0.1) is 0 Å². The molecular formula is C22H24N6O. The van der Waals surface area contributed by atoms with Crippen molar-refractivity contribution in [1.82, 2.24) is 20.4 Å². The number of nitrogens with zero attached hydrogens (tertiary/aromatic N) is 3. The molecule has 0 saturated heterocycles. The molecule has 1 aliphatic rings. The maximum atomic E-state index is 12.0. The van der Waals surface area contributed by atoms with Gasteiger partial charge in [0.1, 0.15) is 0 Å². The molecule has 2 heterocycles. The first-order valence-electron chi connectivity index (χ1n) is 9.65. The predicted octanol–water partition coefficient (Wildman–Crippen LogP) is 2.66. The highest BCUT2D eigenvalue weighted by Gasteiger charge is 2.24. The van der Waals surface area contributed by atoms with Gasteiger partial charge in [0, 0.05) is 50.6 Å². The fourth-order valence-electron chi connectivity index (χ4n) is 3.50. The Morgan fingerprint density at radius 1 is 1.17 bits per heavy atom. The molecule has 0 saturated carbocycles. The molecule has 29 heavy (non-hydrogen) atoms. The largest absolute Gasteiger partial charge is 0.356 e. The number of hydrogen-bond acceptors (Lipinski definition) is 3. The molecule has 3 N–H and O–H groups in total. The Bertz CT molecular complexity index is 994. The lowest BCUT2D eigenvalue weighted by molar-refractivity contribution is -0.116. The van der Waals surface area contributed by atoms with E-state index in [2.05, 4.69) is 44.2 Å². The Hall–Kier alpha value is -3.61. The van der Waals surface area contributed by atoms with Gasteiger partial charge in [-0.15, -0.1) is 0 Å². The third kappa shape index (κ3) is 4.45. The number of anilines is 1. The van der Waals surface area contributed by atoms with Crippen LogP contribution in [0.25, 0.3) is 5.69 Å². The van der Waals surface area contributed by atoms with Gasteiger partial charge in [-0.2, -0.15) is 5.10 Å². The predicted molar refractivity (Wildman–Crippen MR) is 114 cm³/mol. The van der Waals surface area contributed by atoms with E-state index in [-0.39, 0.29) is 11.8 Å². The van der Waals surface area contributed by atoms with Crippen LogP contribution in [0.15, 0.2) is 72.0 Å². The smallest absolute Gasteiger partial charge is 0.225 e. The maximum Gasteiger partial charge on any atom is 0.225 e. The van der Waals surface area contributed by atoms with Crippen molar-refractivity contribution in [3.8, 4) is 5.69 Å². The number of benzene rings is 2. The average molecular weight is 388 g/mol. The summed E-state index contributed by atoms with van der Waals surface area (Å²) in [4.78, 5) is 16.3. The van der Waals surface area contributed by atoms with Gasteiger partial charge in [0.15, 0.2) is 5.96 Å². The molecule has 1 unspecified atom stereocenters. The van der Waals surface area contributed by atoms with Gasteiger partial charge in [-0.1, -0.05) is 30.3 Å². The van der Waals surface area contributed by atoms with E-state index in [4.69, 9.17) is 0 Å². The number of carbonyl (C=O) groups excluding carboxylic acids is 1. The van der Waals surface area contributed by atoms with Crippen LogP contribution in [0.5, 0.6) is 0 Å². The van der Waals surface area contributed by atoms with Gasteiger partial charge in [-0.25, -0.2) is 4.68 Å². The summed E-state index contributed by atoms with van der Waals surface area (Å²) in [5.74, 6) is 0.882. The minimum absolute atomic E-state index is 0.0516. The van der Waals surface area contributed by atoms with E-state index < -0.39 is 0 Å². The van der Waals surface area contributed by atoms with Crippen molar-refractivity contribution in [2.75, 3.05) is 18.9 Å². The van der Waals surface area contributed by atoms with Crippen LogP contribution in [0.3, 0.4) is 0 Å². The second-order valence-corrected chi connectivity index (χ2v) is 6.96. The number of aromatic nitrogens is 2. The van der Waals surface area contributed by atoms with Crippen molar-refractivity contribution in [3.63, 3.8) is 0 Å². The Kier molecular flexibility index (Phi) is 5.56. The van der Waals surface area contributed by atoms with Gasteiger partial charge in [0.05, 0.1) is 5.69 Å². The van der Waals surface area contributed by atoms with Crippen molar-refractivity contribution in [1.29, 1.82) is 0 Å². The molecule has 0 bridgehead atoms. The summed E-state index contributed by atoms with van der Waals surface area (Å²) in [6, 6.07) is 18.1. The molecule has 2 aromatic carbocycles. The fourth-order valence-corrected chi connectivity index (χ4v) is 3.50. The molecule has 7 heteroatoms. The maximum absolute atomic E-state index is 12.0. The van der Waals surface area contributed by atoms with Gasteiger partial charge >= 0.3 is 0 Å². The lowest BCUT2D eigenvalue weighted by Gasteiger charge is -2.26. The molecule has 0 spiro atoms. The number of aliphatic imine (C=N–C) groups is 1. The van der Waals surface area contributed by atoms with Crippen LogP contribution in [0.2, 0.25) is 0 Å². The van der Waals surface area contributed by atoms with E-state index in [9.17, 15) is 4.79 Å². The number of fused-ring (bicyclic) bond motifs is 1. The summed E-state index contributed by atoms with van der Waals surface area (Å²) in [5, 5.41) is 13.9. The molecule has 1 aromatic heterocycles. The summed E-state index contributed by atoms with van der Waals surface area (Å²) in [6.07, 6.45) is 4.15. The Balaban J connectivity index is 1.33. The molecule has 0 fully saturated rings. The molecule has 0 radical (unpaired) electrons. The molecule has 0 aliphatic carbocycles. The highest BCUT2D eigenvalue weighted by molar-refractivity contribution is 5.94. The molecule has 1 aliphatic heterocycles. The minimum Gasteiger partial charge on any atom is -0.356 e. The van der Waals surface area contributed by atoms with E-state index >= 15 is 0 Å². The zero-order valence-electron chi connectivity index (χ0n) is 16.3.